The first kappa shape index (κ1) is 15.9. The molecule has 0 aliphatic carbocycles. The summed E-state index contributed by atoms with van der Waals surface area (Å²) in [6.45, 7) is 1.24. The van der Waals surface area contributed by atoms with Crippen molar-refractivity contribution < 1.29 is 19.7 Å². The zero-order chi connectivity index (χ0) is 13.9. The van der Waals surface area contributed by atoms with Gasteiger partial charge in [-0.15, -0.1) is 0 Å². The van der Waals surface area contributed by atoms with Gasteiger partial charge in [-0.3, -0.25) is 0 Å². The molecule has 0 fully saturated rings. The molecule has 2 unspecified atom stereocenters. The van der Waals surface area contributed by atoms with Crippen molar-refractivity contribution in [2.75, 3.05) is 33.5 Å². The number of hydrogen-bond acceptors (Lipinski definition) is 5. The molecule has 5 heteroatoms. The fourth-order valence-corrected chi connectivity index (χ4v) is 1.67. The summed E-state index contributed by atoms with van der Waals surface area (Å²) >= 11 is 0. The Hall–Kier alpha value is -1.14. The topological polar surface area (TPSA) is 71.0 Å². The third-order valence-corrected chi connectivity index (χ3v) is 2.67. The lowest BCUT2D eigenvalue weighted by Crippen LogP contribution is -2.40. The highest BCUT2D eigenvalue weighted by atomic mass is 16.5. The number of rotatable bonds is 10. The van der Waals surface area contributed by atoms with E-state index in [1.54, 1.807) is 7.11 Å². The first-order valence-corrected chi connectivity index (χ1v) is 6.45. The van der Waals surface area contributed by atoms with Gasteiger partial charge in [-0.1, -0.05) is 18.2 Å². The molecule has 1 rings (SSSR count). The van der Waals surface area contributed by atoms with E-state index in [0.29, 0.717) is 19.6 Å². The Bertz CT molecular complexity index is 314. The number of nitrogens with one attached hydrogen (secondary N) is 1. The maximum Gasteiger partial charge on any atom is 0.119 e. The maximum atomic E-state index is 9.81. The molecule has 3 N–H and O–H groups in total. The lowest BCUT2D eigenvalue weighted by molar-refractivity contribution is 0.0919. The highest BCUT2D eigenvalue weighted by molar-refractivity contribution is 5.20. The molecule has 0 aliphatic rings. The van der Waals surface area contributed by atoms with Crippen LogP contribution in [0.15, 0.2) is 30.3 Å². The van der Waals surface area contributed by atoms with Crippen LogP contribution < -0.4 is 10.1 Å². The van der Waals surface area contributed by atoms with Gasteiger partial charge in [-0.2, -0.15) is 0 Å². The number of benzene rings is 1. The van der Waals surface area contributed by atoms with E-state index in [1.165, 1.54) is 0 Å². The minimum absolute atomic E-state index is 0.0429. The van der Waals surface area contributed by atoms with Gasteiger partial charge in [-0.05, 0) is 18.6 Å². The monoisotopic (exact) mass is 269 g/mol. The third-order valence-electron chi connectivity index (χ3n) is 2.67. The summed E-state index contributed by atoms with van der Waals surface area (Å²) < 4.78 is 10.5. The van der Waals surface area contributed by atoms with Crippen LogP contribution in [-0.2, 0) is 4.74 Å². The SMILES string of the molecule is COCC(CCO)NCC(O)COc1ccccc1. The number of methoxy groups -OCH3 is 1. The standard InChI is InChI=1S/C14H23NO4/c1-18-10-12(7-8-16)15-9-13(17)11-19-14-5-3-2-4-6-14/h2-6,12-13,15-17H,7-11H2,1H3. The Balaban J connectivity index is 2.21. The van der Waals surface area contributed by atoms with Crippen LogP contribution in [0.5, 0.6) is 5.75 Å². The molecule has 0 aromatic heterocycles. The lowest BCUT2D eigenvalue weighted by atomic mass is 10.2. The van der Waals surface area contributed by atoms with E-state index in [0.717, 1.165) is 5.75 Å². The Kier molecular flexibility index (Phi) is 8.16. The largest absolute Gasteiger partial charge is 0.491 e. The first-order valence-electron chi connectivity index (χ1n) is 6.45. The van der Waals surface area contributed by atoms with Gasteiger partial charge in [0.2, 0.25) is 0 Å². The van der Waals surface area contributed by atoms with Crippen molar-refractivity contribution in [3.05, 3.63) is 30.3 Å². The maximum absolute atomic E-state index is 9.81. The molecule has 0 saturated heterocycles. The van der Waals surface area contributed by atoms with Crippen LogP contribution in [0.25, 0.3) is 0 Å². The smallest absolute Gasteiger partial charge is 0.119 e. The van der Waals surface area contributed by atoms with Crippen LogP contribution in [0.2, 0.25) is 0 Å². The average Bonchev–Trinajstić information content (AvgIpc) is 2.44. The van der Waals surface area contributed by atoms with Gasteiger partial charge in [0.25, 0.3) is 0 Å². The van der Waals surface area contributed by atoms with Crippen LogP contribution in [-0.4, -0.2) is 55.8 Å². The molecule has 0 saturated carbocycles. The fraction of sp³-hybridized carbons (Fsp3) is 0.571. The Morgan fingerprint density at radius 2 is 1.95 bits per heavy atom. The zero-order valence-electron chi connectivity index (χ0n) is 11.3. The minimum atomic E-state index is -0.599. The Morgan fingerprint density at radius 1 is 1.21 bits per heavy atom. The molecule has 1 aromatic carbocycles. The molecule has 2 atom stereocenters. The first-order chi connectivity index (χ1) is 9.26. The Labute approximate surface area is 114 Å². The van der Waals surface area contributed by atoms with E-state index in [1.807, 2.05) is 30.3 Å². The molecule has 0 amide bonds. The second kappa shape index (κ2) is 9.75. The number of aliphatic hydroxyl groups excluding tert-OH is 2. The quantitative estimate of drug-likeness (QED) is 0.574. The Morgan fingerprint density at radius 3 is 2.58 bits per heavy atom. The van der Waals surface area contributed by atoms with Crippen LogP contribution in [0.3, 0.4) is 0 Å². The molecular weight excluding hydrogens is 246 g/mol. The molecule has 108 valence electrons. The van der Waals surface area contributed by atoms with Gasteiger partial charge >= 0.3 is 0 Å². The van der Waals surface area contributed by atoms with Crippen LogP contribution in [0.4, 0.5) is 0 Å². The lowest BCUT2D eigenvalue weighted by Gasteiger charge is -2.19. The number of aliphatic hydroxyl groups is 2. The van der Waals surface area contributed by atoms with Gasteiger partial charge in [0.1, 0.15) is 18.5 Å². The second-order valence-electron chi connectivity index (χ2n) is 4.35. The molecule has 0 bridgehead atoms. The van der Waals surface area contributed by atoms with Crippen molar-refractivity contribution in [1.82, 2.24) is 5.32 Å². The summed E-state index contributed by atoms with van der Waals surface area (Å²) in [4.78, 5) is 0. The minimum Gasteiger partial charge on any atom is -0.491 e. The summed E-state index contributed by atoms with van der Waals surface area (Å²) in [5.74, 6) is 0.741. The van der Waals surface area contributed by atoms with Crippen molar-refractivity contribution >= 4 is 0 Å². The van der Waals surface area contributed by atoms with Gasteiger partial charge in [-0.25, -0.2) is 0 Å². The van der Waals surface area contributed by atoms with E-state index in [9.17, 15) is 5.11 Å². The number of para-hydroxylation sites is 1. The van der Waals surface area contributed by atoms with Crippen molar-refractivity contribution in [3.63, 3.8) is 0 Å². The average molecular weight is 269 g/mol. The highest BCUT2D eigenvalue weighted by Crippen LogP contribution is 2.08. The molecule has 0 heterocycles. The van der Waals surface area contributed by atoms with E-state index in [4.69, 9.17) is 14.6 Å². The van der Waals surface area contributed by atoms with E-state index >= 15 is 0 Å². The summed E-state index contributed by atoms with van der Waals surface area (Å²) in [5.41, 5.74) is 0. The molecular formula is C14H23NO4. The fourth-order valence-electron chi connectivity index (χ4n) is 1.67. The molecule has 0 radical (unpaired) electrons. The second-order valence-corrected chi connectivity index (χ2v) is 4.35. The van der Waals surface area contributed by atoms with Crippen molar-refractivity contribution in [3.8, 4) is 5.75 Å². The van der Waals surface area contributed by atoms with Crippen LogP contribution in [0, 0.1) is 0 Å². The predicted molar refractivity (Wildman–Crippen MR) is 73.3 cm³/mol. The molecule has 0 aliphatic heterocycles. The molecule has 5 nitrogen and oxygen atoms in total. The van der Waals surface area contributed by atoms with E-state index in [2.05, 4.69) is 5.32 Å². The van der Waals surface area contributed by atoms with Gasteiger partial charge in [0.05, 0.1) is 6.61 Å². The van der Waals surface area contributed by atoms with E-state index < -0.39 is 6.10 Å². The van der Waals surface area contributed by atoms with Gasteiger partial charge in [0.15, 0.2) is 0 Å². The van der Waals surface area contributed by atoms with Crippen molar-refractivity contribution in [1.29, 1.82) is 0 Å². The summed E-state index contributed by atoms with van der Waals surface area (Å²) in [6, 6.07) is 9.42. The van der Waals surface area contributed by atoms with Crippen molar-refractivity contribution in [2.45, 2.75) is 18.6 Å². The highest BCUT2D eigenvalue weighted by Gasteiger charge is 2.11. The molecule has 1 aromatic rings. The summed E-state index contributed by atoms with van der Waals surface area (Å²) in [6.07, 6.45) is -0.00151. The van der Waals surface area contributed by atoms with Crippen LogP contribution >= 0.6 is 0 Å². The number of hydrogen-bond donors (Lipinski definition) is 3. The number of ether oxygens (including phenoxy) is 2. The van der Waals surface area contributed by atoms with E-state index in [-0.39, 0.29) is 19.3 Å². The van der Waals surface area contributed by atoms with Crippen molar-refractivity contribution in [2.24, 2.45) is 0 Å². The van der Waals surface area contributed by atoms with Gasteiger partial charge < -0.3 is 25.0 Å². The third kappa shape index (κ3) is 7.12. The summed E-state index contributed by atoms with van der Waals surface area (Å²) in [7, 11) is 1.61. The molecule has 19 heavy (non-hydrogen) atoms. The predicted octanol–water partition coefficient (Wildman–Crippen LogP) is 0.413. The normalized spacial score (nSPS) is 14.1. The summed E-state index contributed by atoms with van der Waals surface area (Å²) in [5, 5.41) is 21.8. The van der Waals surface area contributed by atoms with Gasteiger partial charge in [0, 0.05) is 26.3 Å². The van der Waals surface area contributed by atoms with Crippen LogP contribution in [0.1, 0.15) is 6.42 Å². The zero-order valence-corrected chi connectivity index (χ0v) is 11.3. The molecule has 0 spiro atoms.